The summed E-state index contributed by atoms with van der Waals surface area (Å²) in [5.41, 5.74) is -0.556. The number of hydrogen-bond acceptors (Lipinski definition) is 3. The molecule has 0 rings (SSSR count). The fourth-order valence-electron chi connectivity index (χ4n) is 0.884. The summed E-state index contributed by atoms with van der Waals surface area (Å²) in [5.74, 6) is 0. The molecule has 0 saturated carbocycles. The number of amides is 1. The molecule has 88 valence electrons. The predicted molar refractivity (Wildman–Crippen MR) is 60.0 cm³/mol. The summed E-state index contributed by atoms with van der Waals surface area (Å²) in [6, 6.07) is 0. The Hall–Kier alpha value is -0.970. The zero-order chi connectivity index (χ0) is 12.2. The van der Waals surface area contributed by atoms with E-state index >= 15 is 0 Å². The van der Waals surface area contributed by atoms with E-state index in [0.29, 0.717) is 6.54 Å². The van der Waals surface area contributed by atoms with E-state index in [9.17, 15) is 4.79 Å². The molecule has 0 aliphatic heterocycles. The van der Waals surface area contributed by atoms with Crippen LogP contribution in [-0.4, -0.2) is 40.6 Å². The minimum absolute atomic E-state index is 0.234. The number of amidine groups is 1. The van der Waals surface area contributed by atoms with Gasteiger partial charge < -0.3 is 4.74 Å². The number of nitrogens with zero attached hydrogens (tertiary/aromatic N) is 2. The molecule has 0 saturated heterocycles. The number of hydrazine groups is 1. The van der Waals surface area contributed by atoms with E-state index in [1.165, 1.54) is 17.1 Å². The van der Waals surface area contributed by atoms with Gasteiger partial charge in [-0.05, 0) is 39.3 Å². The van der Waals surface area contributed by atoms with Gasteiger partial charge in [0.2, 0.25) is 5.29 Å². The number of halogens is 1. The van der Waals surface area contributed by atoms with Gasteiger partial charge in [0.1, 0.15) is 5.60 Å². The highest BCUT2D eigenvalue weighted by Crippen LogP contribution is 2.11. The second-order valence-electron chi connectivity index (χ2n) is 4.01. The molecular weight excluding hydrogens is 218 g/mol. The first-order chi connectivity index (χ1) is 6.69. The van der Waals surface area contributed by atoms with E-state index in [1.54, 1.807) is 27.7 Å². The third-order valence-corrected chi connectivity index (χ3v) is 1.79. The van der Waals surface area contributed by atoms with Gasteiger partial charge in [0, 0.05) is 13.6 Å². The first-order valence-electron chi connectivity index (χ1n) is 4.67. The molecular formula is C9H18ClN3O2. The predicted octanol–water partition coefficient (Wildman–Crippen LogP) is 2.26. The van der Waals surface area contributed by atoms with Crippen LogP contribution in [0.5, 0.6) is 0 Å². The lowest BCUT2D eigenvalue weighted by Gasteiger charge is -2.32. The molecule has 5 nitrogen and oxygen atoms in total. The maximum atomic E-state index is 11.6. The Labute approximate surface area is 95.4 Å². The molecule has 6 heteroatoms. The van der Waals surface area contributed by atoms with Crippen molar-refractivity contribution < 1.29 is 9.53 Å². The first-order valence-corrected chi connectivity index (χ1v) is 5.05. The zero-order valence-corrected chi connectivity index (χ0v) is 10.6. The van der Waals surface area contributed by atoms with Crippen molar-refractivity contribution in [2.24, 2.45) is 0 Å². The number of rotatable bonds is 1. The largest absolute Gasteiger partial charge is 0.442 e. The van der Waals surface area contributed by atoms with Crippen LogP contribution in [0.25, 0.3) is 0 Å². The van der Waals surface area contributed by atoms with Gasteiger partial charge in [-0.3, -0.25) is 10.4 Å². The fraction of sp³-hybridized carbons (Fsp3) is 0.778. The summed E-state index contributed by atoms with van der Waals surface area (Å²) >= 11 is 5.48. The average molecular weight is 236 g/mol. The lowest BCUT2D eigenvalue weighted by Crippen LogP contribution is -2.47. The lowest BCUT2D eigenvalue weighted by atomic mass is 10.2. The van der Waals surface area contributed by atoms with Gasteiger partial charge in [-0.1, -0.05) is 0 Å². The van der Waals surface area contributed by atoms with Crippen molar-refractivity contribution >= 4 is 23.0 Å². The normalized spacial score (nSPS) is 10.8. The highest BCUT2D eigenvalue weighted by atomic mass is 35.5. The Bertz CT molecular complexity index is 250. The van der Waals surface area contributed by atoms with Crippen LogP contribution < -0.4 is 0 Å². The van der Waals surface area contributed by atoms with Gasteiger partial charge in [0.25, 0.3) is 0 Å². The standard InChI is InChI=1S/C9H18ClN3O2/c1-6-13(12(5)7(10)11)8(14)15-9(2,3)4/h11H,6H2,1-5H3. The molecule has 0 bridgehead atoms. The SMILES string of the molecule is CCN(C(=O)OC(C)(C)C)N(C)C(=N)Cl. The zero-order valence-electron chi connectivity index (χ0n) is 9.80. The molecule has 0 aromatic carbocycles. The summed E-state index contributed by atoms with van der Waals surface area (Å²) in [6.07, 6.45) is -0.516. The molecule has 0 aromatic heterocycles. The molecule has 0 fully saturated rings. The number of ether oxygens (including phenoxy) is 1. The van der Waals surface area contributed by atoms with Crippen molar-refractivity contribution in [3.05, 3.63) is 0 Å². The van der Waals surface area contributed by atoms with Crippen molar-refractivity contribution in [2.75, 3.05) is 13.6 Å². The molecule has 15 heavy (non-hydrogen) atoms. The number of nitrogens with one attached hydrogen (secondary N) is 1. The fourth-order valence-corrected chi connectivity index (χ4v) is 0.976. The smallest absolute Gasteiger partial charge is 0.429 e. The topological polar surface area (TPSA) is 56.6 Å². The van der Waals surface area contributed by atoms with Crippen LogP contribution in [0.2, 0.25) is 0 Å². The molecule has 0 heterocycles. The van der Waals surface area contributed by atoms with Crippen LogP contribution >= 0.6 is 11.6 Å². The molecule has 0 aliphatic carbocycles. The van der Waals surface area contributed by atoms with Crippen LogP contribution in [-0.2, 0) is 4.74 Å². The van der Waals surface area contributed by atoms with Gasteiger partial charge in [0.15, 0.2) is 0 Å². The number of hydrogen-bond donors (Lipinski definition) is 1. The third kappa shape index (κ3) is 4.88. The minimum atomic E-state index is -0.556. The lowest BCUT2D eigenvalue weighted by molar-refractivity contribution is -0.0103. The summed E-state index contributed by atoms with van der Waals surface area (Å²) in [6.45, 7) is 7.51. The Kier molecular flexibility index (Phi) is 4.87. The van der Waals surface area contributed by atoms with Crippen LogP contribution in [0.15, 0.2) is 0 Å². The van der Waals surface area contributed by atoms with Crippen LogP contribution in [0.4, 0.5) is 4.79 Å². The van der Waals surface area contributed by atoms with Gasteiger partial charge in [-0.15, -0.1) is 0 Å². The second kappa shape index (κ2) is 5.21. The highest BCUT2D eigenvalue weighted by molar-refractivity contribution is 6.63. The molecule has 0 radical (unpaired) electrons. The summed E-state index contributed by atoms with van der Waals surface area (Å²) < 4.78 is 5.15. The van der Waals surface area contributed by atoms with E-state index in [0.717, 1.165) is 0 Å². The minimum Gasteiger partial charge on any atom is -0.442 e. The van der Waals surface area contributed by atoms with E-state index in [-0.39, 0.29) is 5.29 Å². The van der Waals surface area contributed by atoms with Crippen molar-refractivity contribution in [3.8, 4) is 0 Å². The average Bonchev–Trinajstić information content (AvgIpc) is 2.01. The van der Waals surface area contributed by atoms with Crippen LogP contribution in [0.3, 0.4) is 0 Å². The van der Waals surface area contributed by atoms with Crippen LogP contribution in [0.1, 0.15) is 27.7 Å². The quantitative estimate of drug-likeness (QED) is 0.328. The van der Waals surface area contributed by atoms with Crippen LogP contribution in [0, 0.1) is 5.41 Å². The number of carbonyl (C=O) groups is 1. The maximum absolute atomic E-state index is 11.6. The second-order valence-corrected chi connectivity index (χ2v) is 4.37. The van der Waals surface area contributed by atoms with Gasteiger partial charge >= 0.3 is 6.09 Å². The highest BCUT2D eigenvalue weighted by Gasteiger charge is 2.24. The molecule has 1 N–H and O–H groups in total. The molecule has 0 aliphatic rings. The van der Waals surface area contributed by atoms with Crippen molar-refractivity contribution in [1.29, 1.82) is 5.41 Å². The summed E-state index contributed by atoms with van der Waals surface area (Å²) in [5, 5.41) is 9.45. The first kappa shape index (κ1) is 14.0. The summed E-state index contributed by atoms with van der Waals surface area (Å²) in [7, 11) is 1.53. The maximum Gasteiger partial charge on any atom is 0.429 e. The third-order valence-electron chi connectivity index (χ3n) is 1.55. The summed E-state index contributed by atoms with van der Waals surface area (Å²) in [4.78, 5) is 11.6. The molecule has 0 aromatic rings. The van der Waals surface area contributed by atoms with Crippen molar-refractivity contribution in [1.82, 2.24) is 10.0 Å². The van der Waals surface area contributed by atoms with Crippen molar-refractivity contribution in [3.63, 3.8) is 0 Å². The van der Waals surface area contributed by atoms with Gasteiger partial charge in [-0.25, -0.2) is 9.80 Å². The Morgan fingerprint density at radius 1 is 1.47 bits per heavy atom. The van der Waals surface area contributed by atoms with Gasteiger partial charge in [0.05, 0.1) is 0 Å². The monoisotopic (exact) mass is 235 g/mol. The van der Waals surface area contributed by atoms with Crippen molar-refractivity contribution in [2.45, 2.75) is 33.3 Å². The Morgan fingerprint density at radius 3 is 2.20 bits per heavy atom. The molecule has 0 spiro atoms. The van der Waals surface area contributed by atoms with E-state index < -0.39 is 11.7 Å². The van der Waals surface area contributed by atoms with Gasteiger partial charge in [-0.2, -0.15) is 0 Å². The molecule has 0 atom stereocenters. The number of carbonyl (C=O) groups excluding carboxylic acids is 1. The molecule has 0 unspecified atom stereocenters. The van der Waals surface area contributed by atoms with E-state index in [4.69, 9.17) is 21.7 Å². The Morgan fingerprint density at radius 2 is 1.93 bits per heavy atom. The Balaban J connectivity index is 4.55. The van der Waals surface area contributed by atoms with E-state index in [2.05, 4.69) is 0 Å². The van der Waals surface area contributed by atoms with E-state index in [1.807, 2.05) is 0 Å². The molecule has 1 amide bonds.